The average Bonchev–Trinajstić information content (AvgIpc) is 3.45. The summed E-state index contributed by atoms with van der Waals surface area (Å²) in [6.07, 6.45) is 0. The Morgan fingerprint density at radius 3 is 1.44 bits per heavy atom. The quantitative estimate of drug-likeness (QED) is 0.176. The highest BCUT2D eigenvalue weighted by molar-refractivity contribution is 7.85. The zero-order valence-corrected chi connectivity index (χ0v) is 28.0. The standard InChI is InChI=1S/C46H35OP/c1-45(2)41-26-13-14-27-43(41)46(39-24-11-9-22-37(39)38-23-10-12-25-40(38)46)44-31-33(28-29-42(44)45)32-16-15-21-36(30-32)48(47,34-17-5-3-6-18-34)35-19-7-4-8-20-35/h3-31H,1-2H3. The van der Waals surface area contributed by atoms with Crippen LogP contribution in [-0.2, 0) is 15.4 Å². The van der Waals surface area contributed by atoms with Gasteiger partial charge < -0.3 is 4.57 Å². The summed E-state index contributed by atoms with van der Waals surface area (Å²) in [6, 6.07) is 62.3. The third-order valence-corrected chi connectivity index (χ3v) is 13.9. The summed E-state index contributed by atoms with van der Waals surface area (Å²) in [7, 11) is -3.13. The normalized spacial score (nSPS) is 14.9. The van der Waals surface area contributed by atoms with Gasteiger partial charge in [0.1, 0.15) is 0 Å². The molecule has 0 saturated heterocycles. The maximum absolute atomic E-state index is 15.3. The summed E-state index contributed by atoms with van der Waals surface area (Å²) in [5, 5.41) is 2.53. The predicted octanol–water partition coefficient (Wildman–Crippen LogP) is 10.00. The molecular weight excluding hydrogens is 599 g/mol. The van der Waals surface area contributed by atoms with Gasteiger partial charge in [-0.3, -0.25) is 0 Å². The molecule has 0 N–H and O–H groups in total. The van der Waals surface area contributed by atoms with Crippen LogP contribution in [0.2, 0.25) is 0 Å². The summed E-state index contributed by atoms with van der Waals surface area (Å²) in [4.78, 5) is 0. The molecule has 2 heteroatoms. The number of hydrogen-bond donors (Lipinski definition) is 0. The molecule has 0 atom stereocenters. The van der Waals surface area contributed by atoms with Gasteiger partial charge in [0.25, 0.3) is 0 Å². The van der Waals surface area contributed by atoms with Gasteiger partial charge in [0.05, 0.1) is 5.41 Å². The van der Waals surface area contributed by atoms with Crippen molar-refractivity contribution in [1.82, 2.24) is 0 Å². The molecule has 2 aliphatic carbocycles. The van der Waals surface area contributed by atoms with Gasteiger partial charge in [-0.2, -0.15) is 0 Å². The smallest absolute Gasteiger partial charge is 0.171 e. The summed E-state index contributed by atoms with van der Waals surface area (Å²) >= 11 is 0. The van der Waals surface area contributed by atoms with Crippen LogP contribution in [0.1, 0.15) is 47.2 Å². The van der Waals surface area contributed by atoms with Gasteiger partial charge in [-0.15, -0.1) is 0 Å². The second-order valence-corrected chi connectivity index (χ2v) is 16.4. The van der Waals surface area contributed by atoms with Crippen LogP contribution in [0.3, 0.4) is 0 Å². The van der Waals surface area contributed by atoms with Gasteiger partial charge in [-0.1, -0.05) is 178 Å². The van der Waals surface area contributed by atoms with E-state index in [0.29, 0.717) is 0 Å². The molecule has 0 bridgehead atoms. The lowest BCUT2D eigenvalue weighted by atomic mass is 9.55. The molecule has 7 aromatic carbocycles. The van der Waals surface area contributed by atoms with E-state index in [2.05, 4.69) is 123 Å². The SMILES string of the molecule is CC1(C)c2ccccc2C2(c3ccccc3-c3ccccc32)c2cc(-c3cccc(P(=O)(c4ccccc4)c4ccccc4)c3)ccc21. The fourth-order valence-corrected chi connectivity index (χ4v) is 11.3. The third-order valence-electron chi connectivity index (χ3n) is 10.8. The van der Waals surface area contributed by atoms with Crippen LogP contribution in [-0.4, -0.2) is 0 Å². The lowest BCUT2D eigenvalue weighted by Gasteiger charge is -2.46. The molecule has 0 unspecified atom stereocenters. The van der Waals surface area contributed by atoms with Crippen molar-refractivity contribution in [3.63, 3.8) is 0 Å². The van der Waals surface area contributed by atoms with Crippen molar-refractivity contribution in [3.8, 4) is 22.3 Å². The molecular formula is C46H35OP. The van der Waals surface area contributed by atoms with Crippen LogP contribution >= 0.6 is 7.14 Å². The Morgan fingerprint density at radius 2 is 0.833 bits per heavy atom. The van der Waals surface area contributed by atoms with Crippen molar-refractivity contribution in [2.45, 2.75) is 24.7 Å². The van der Waals surface area contributed by atoms with Crippen molar-refractivity contribution in [2.75, 3.05) is 0 Å². The molecule has 0 saturated carbocycles. The number of hydrogen-bond acceptors (Lipinski definition) is 1. The average molecular weight is 635 g/mol. The molecule has 0 amide bonds. The minimum atomic E-state index is -3.13. The number of fused-ring (bicyclic) bond motifs is 9. The van der Waals surface area contributed by atoms with Crippen LogP contribution in [0, 0.1) is 0 Å². The topological polar surface area (TPSA) is 17.1 Å². The Labute approximate surface area is 283 Å². The van der Waals surface area contributed by atoms with Gasteiger partial charge in [0, 0.05) is 21.3 Å². The Hall–Kier alpha value is -5.23. The lowest BCUT2D eigenvalue weighted by molar-refractivity contribution is 0.563. The van der Waals surface area contributed by atoms with E-state index in [9.17, 15) is 0 Å². The third kappa shape index (κ3) is 3.89. The molecule has 2 aliphatic rings. The Kier molecular flexibility index (Phi) is 6.42. The fraction of sp³-hybridized carbons (Fsp3) is 0.0870. The zero-order valence-electron chi connectivity index (χ0n) is 27.1. The highest BCUT2D eigenvalue weighted by atomic mass is 31.2. The van der Waals surface area contributed by atoms with Crippen molar-refractivity contribution in [2.24, 2.45) is 0 Å². The summed E-state index contributed by atoms with van der Waals surface area (Å²) in [5.41, 5.74) is 12.2. The van der Waals surface area contributed by atoms with Crippen molar-refractivity contribution < 1.29 is 4.57 Å². The first-order valence-corrected chi connectivity index (χ1v) is 18.4. The van der Waals surface area contributed by atoms with Crippen LogP contribution in [0.5, 0.6) is 0 Å². The van der Waals surface area contributed by atoms with E-state index in [-0.39, 0.29) is 5.41 Å². The van der Waals surface area contributed by atoms with Gasteiger partial charge in [-0.05, 0) is 67.8 Å². The molecule has 7 aromatic rings. The molecule has 48 heavy (non-hydrogen) atoms. The van der Waals surface area contributed by atoms with Crippen LogP contribution in [0.25, 0.3) is 22.3 Å². The van der Waals surface area contributed by atoms with Crippen LogP contribution in [0.15, 0.2) is 176 Å². The molecule has 9 rings (SSSR count). The van der Waals surface area contributed by atoms with E-state index in [4.69, 9.17) is 0 Å². The van der Waals surface area contributed by atoms with Crippen molar-refractivity contribution in [3.05, 3.63) is 209 Å². The van der Waals surface area contributed by atoms with E-state index < -0.39 is 12.6 Å². The summed E-state index contributed by atoms with van der Waals surface area (Å²) in [5.74, 6) is 0. The van der Waals surface area contributed by atoms with E-state index in [0.717, 1.165) is 27.0 Å². The predicted molar refractivity (Wildman–Crippen MR) is 201 cm³/mol. The van der Waals surface area contributed by atoms with E-state index >= 15 is 4.57 Å². The monoisotopic (exact) mass is 634 g/mol. The first-order chi connectivity index (χ1) is 23.4. The van der Waals surface area contributed by atoms with E-state index in [1.807, 2.05) is 66.7 Å². The van der Waals surface area contributed by atoms with Gasteiger partial charge in [0.15, 0.2) is 7.14 Å². The van der Waals surface area contributed by atoms with E-state index in [1.165, 1.54) is 44.5 Å². The minimum Gasteiger partial charge on any atom is -0.309 e. The van der Waals surface area contributed by atoms with Gasteiger partial charge >= 0.3 is 0 Å². The van der Waals surface area contributed by atoms with Gasteiger partial charge in [0.2, 0.25) is 0 Å². The number of rotatable bonds is 4. The zero-order chi connectivity index (χ0) is 32.5. The fourth-order valence-electron chi connectivity index (χ4n) is 8.64. The summed E-state index contributed by atoms with van der Waals surface area (Å²) in [6.45, 7) is 4.72. The molecule has 0 aromatic heterocycles. The Morgan fingerprint density at radius 1 is 0.375 bits per heavy atom. The van der Waals surface area contributed by atoms with Crippen LogP contribution in [0.4, 0.5) is 0 Å². The summed E-state index contributed by atoms with van der Waals surface area (Å²) < 4.78 is 15.3. The van der Waals surface area contributed by atoms with Crippen molar-refractivity contribution >= 4 is 23.1 Å². The molecule has 1 spiro atoms. The molecule has 0 aliphatic heterocycles. The maximum Gasteiger partial charge on any atom is 0.171 e. The lowest BCUT2D eigenvalue weighted by Crippen LogP contribution is -2.40. The van der Waals surface area contributed by atoms with E-state index in [1.54, 1.807) is 0 Å². The maximum atomic E-state index is 15.3. The second-order valence-electron chi connectivity index (χ2n) is 13.6. The Balaban J connectivity index is 1.31. The molecule has 0 heterocycles. The highest BCUT2D eigenvalue weighted by Crippen LogP contribution is 2.62. The molecule has 230 valence electrons. The molecule has 0 fully saturated rings. The number of benzene rings is 7. The van der Waals surface area contributed by atoms with Crippen LogP contribution < -0.4 is 15.9 Å². The molecule has 0 radical (unpaired) electrons. The first kappa shape index (κ1) is 29.0. The highest BCUT2D eigenvalue weighted by Gasteiger charge is 2.53. The van der Waals surface area contributed by atoms with Crippen molar-refractivity contribution in [1.29, 1.82) is 0 Å². The Bertz CT molecular complexity index is 2310. The first-order valence-electron chi connectivity index (χ1n) is 16.7. The second kappa shape index (κ2) is 10.6. The van der Waals surface area contributed by atoms with Gasteiger partial charge in [-0.25, -0.2) is 0 Å². The largest absolute Gasteiger partial charge is 0.309 e. The molecule has 1 nitrogen and oxygen atoms in total. The minimum absolute atomic E-state index is 0.194.